The van der Waals surface area contributed by atoms with E-state index >= 15 is 0 Å². The Morgan fingerprint density at radius 3 is 2.37 bits per heavy atom. The van der Waals surface area contributed by atoms with Crippen molar-refractivity contribution >= 4 is 5.91 Å². The van der Waals surface area contributed by atoms with Gasteiger partial charge in [0, 0.05) is 11.1 Å². The summed E-state index contributed by atoms with van der Waals surface area (Å²) in [7, 11) is 3.95. The topological polar surface area (TPSA) is 20.3 Å². The zero-order valence-electron chi connectivity index (χ0n) is 12.5. The zero-order chi connectivity index (χ0) is 14.5. The second-order valence-corrected chi connectivity index (χ2v) is 5.32. The molecule has 1 aromatic carbocycles. The van der Waals surface area contributed by atoms with Crippen molar-refractivity contribution in [2.75, 3.05) is 20.6 Å². The molecule has 1 amide bonds. The van der Waals surface area contributed by atoms with Crippen molar-refractivity contribution < 1.29 is 9.39 Å². The molecule has 0 saturated heterocycles. The van der Waals surface area contributed by atoms with Gasteiger partial charge in [-0.05, 0) is 13.3 Å². The van der Waals surface area contributed by atoms with Crippen LogP contribution in [0.4, 0.5) is 0 Å². The normalized spacial score (nSPS) is 13.7. The van der Waals surface area contributed by atoms with Crippen LogP contribution in [-0.2, 0) is 11.3 Å². The highest BCUT2D eigenvalue weighted by Gasteiger charge is 2.31. The van der Waals surface area contributed by atoms with Crippen molar-refractivity contribution in [3.8, 4) is 0 Å². The minimum Gasteiger partial charge on any atom is -0.264 e. The van der Waals surface area contributed by atoms with E-state index in [1.165, 1.54) is 5.56 Å². The number of carbonyl (C=O) groups excluding carboxylic acids is 1. The molecule has 1 aromatic rings. The average molecular weight is 261 g/mol. The summed E-state index contributed by atoms with van der Waals surface area (Å²) in [4.78, 5) is 12.2. The summed E-state index contributed by atoms with van der Waals surface area (Å²) in [5, 5.41) is 1.79. The van der Waals surface area contributed by atoms with Crippen molar-refractivity contribution in [2.45, 2.75) is 26.8 Å². The standard InChI is InChI=1S/C16H25N2O/c1-6-12-18(5,17(4)16(19)14(2)3)13-15-10-8-7-9-11-15/h7-11H,2,6,12-13H2,1,3-5H3/q+1. The molecule has 1 rings (SSSR count). The van der Waals surface area contributed by atoms with Crippen molar-refractivity contribution in [1.82, 2.24) is 5.01 Å². The summed E-state index contributed by atoms with van der Waals surface area (Å²) in [5.41, 5.74) is 1.82. The minimum absolute atomic E-state index is 0.00637. The van der Waals surface area contributed by atoms with E-state index in [2.05, 4.69) is 32.7 Å². The second-order valence-electron chi connectivity index (χ2n) is 5.32. The molecule has 0 N–H and O–H groups in total. The van der Waals surface area contributed by atoms with Crippen LogP contribution in [0.15, 0.2) is 42.5 Å². The van der Waals surface area contributed by atoms with E-state index in [1.54, 1.807) is 11.9 Å². The first-order valence-electron chi connectivity index (χ1n) is 6.73. The molecule has 0 aliphatic heterocycles. The predicted molar refractivity (Wildman–Crippen MR) is 79.1 cm³/mol. The minimum atomic E-state index is 0.00637. The second kappa shape index (κ2) is 6.53. The molecule has 0 radical (unpaired) electrons. The van der Waals surface area contributed by atoms with E-state index < -0.39 is 0 Å². The van der Waals surface area contributed by atoms with Gasteiger partial charge in [0.25, 0.3) is 5.91 Å². The maximum absolute atomic E-state index is 12.2. The molecule has 104 valence electrons. The van der Waals surface area contributed by atoms with Gasteiger partial charge in [0.1, 0.15) is 13.1 Å². The molecular weight excluding hydrogens is 236 g/mol. The number of hydrogen-bond donors (Lipinski definition) is 0. The van der Waals surface area contributed by atoms with Gasteiger partial charge in [-0.2, -0.15) is 5.01 Å². The first-order chi connectivity index (χ1) is 8.90. The summed E-state index contributed by atoms with van der Waals surface area (Å²) < 4.78 is 0.576. The van der Waals surface area contributed by atoms with E-state index in [9.17, 15) is 4.79 Å². The first kappa shape index (κ1) is 15.4. The first-order valence-corrected chi connectivity index (χ1v) is 6.73. The van der Waals surface area contributed by atoms with Crippen molar-refractivity contribution in [1.29, 1.82) is 0 Å². The number of carbonyl (C=O) groups is 1. The van der Waals surface area contributed by atoms with Crippen molar-refractivity contribution in [3.63, 3.8) is 0 Å². The number of rotatable bonds is 6. The fraction of sp³-hybridized carbons (Fsp3) is 0.438. The predicted octanol–water partition coefficient (Wildman–Crippen LogP) is 2.99. The van der Waals surface area contributed by atoms with Crippen LogP contribution in [-0.4, -0.2) is 36.1 Å². The maximum Gasteiger partial charge on any atom is 0.293 e. The van der Waals surface area contributed by atoms with Crippen LogP contribution in [0, 0.1) is 0 Å². The van der Waals surface area contributed by atoms with E-state index in [-0.39, 0.29) is 5.91 Å². The average Bonchev–Trinajstić information content (AvgIpc) is 2.38. The van der Waals surface area contributed by atoms with Crippen LogP contribution >= 0.6 is 0 Å². The SMILES string of the molecule is C=C(C)C(=O)N(C)[N+](C)(CCC)Cc1ccccc1. The van der Waals surface area contributed by atoms with Gasteiger partial charge >= 0.3 is 0 Å². The van der Waals surface area contributed by atoms with Gasteiger partial charge in [0.15, 0.2) is 0 Å². The fourth-order valence-electron chi connectivity index (χ4n) is 2.29. The Labute approximate surface area is 116 Å². The van der Waals surface area contributed by atoms with Crippen LogP contribution in [0.2, 0.25) is 0 Å². The lowest BCUT2D eigenvalue weighted by Gasteiger charge is -2.40. The Hall–Kier alpha value is -1.61. The third kappa shape index (κ3) is 3.93. The fourth-order valence-corrected chi connectivity index (χ4v) is 2.29. The number of likely N-dealkylation sites (N-methyl/N-ethyl adjacent to an activating group) is 1. The van der Waals surface area contributed by atoms with Crippen LogP contribution in [0.3, 0.4) is 0 Å². The largest absolute Gasteiger partial charge is 0.293 e. The highest BCUT2D eigenvalue weighted by atomic mass is 16.2. The molecular formula is C16H25N2O+. The molecule has 0 aliphatic rings. The lowest BCUT2D eigenvalue weighted by atomic mass is 10.2. The molecule has 3 heteroatoms. The smallest absolute Gasteiger partial charge is 0.264 e. The van der Waals surface area contributed by atoms with Crippen LogP contribution in [0.1, 0.15) is 25.8 Å². The van der Waals surface area contributed by atoms with Gasteiger partial charge in [-0.1, -0.05) is 43.8 Å². The maximum atomic E-state index is 12.2. The number of hydrogen-bond acceptors (Lipinski definition) is 1. The van der Waals surface area contributed by atoms with E-state index in [0.717, 1.165) is 19.5 Å². The Morgan fingerprint density at radius 1 is 1.32 bits per heavy atom. The van der Waals surface area contributed by atoms with E-state index in [4.69, 9.17) is 0 Å². The third-order valence-electron chi connectivity index (χ3n) is 3.45. The van der Waals surface area contributed by atoms with Gasteiger partial charge < -0.3 is 0 Å². The summed E-state index contributed by atoms with van der Waals surface area (Å²) in [6, 6.07) is 10.3. The molecule has 19 heavy (non-hydrogen) atoms. The monoisotopic (exact) mass is 261 g/mol. The molecule has 0 heterocycles. The van der Waals surface area contributed by atoms with E-state index in [1.807, 2.05) is 25.2 Å². The van der Waals surface area contributed by atoms with Crippen LogP contribution < -0.4 is 0 Å². The Morgan fingerprint density at radius 2 is 1.89 bits per heavy atom. The molecule has 0 aromatic heterocycles. The van der Waals surface area contributed by atoms with Crippen molar-refractivity contribution in [3.05, 3.63) is 48.0 Å². The number of benzene rings is 1. The molecule has 0 fully saturated rings. The molecule has 0 bridgehead atoms. The third-order valence-corrected chi connectivity index (χ3v) is 3.45. The summed E-state index contributed by atoms with van der Waals surface area (Å²) in [5.74, 6) is 0.00637. The highest BCUT2D eigenvalue weighted by Crippen LogP contribution is 2.17. The summed E-state index contributed by atoms with van der Waals surface area (Å²) in [6.45, 7) is 9.39. The Balaban J connectivity index is 2.96. The quantitative estimate of drug-likeness (QED) is 0.438. The molecule has 0 spiro atoms. The zero-order valence-corrected chi connectivity index (χ0v) is 12.5. The van der Waals surface area contributed by atoms with Crippen molar-refractivity contribution in [2.24, 2.45) is 0 Å². The number of nitrogens with zero attached hydrogens (tertiary/aromatic N) is 2. The van der Waals surface area contributed by atoms with Gasteiger partial charge in [-0.15, -0.1) is 0 Å². The number of amides is 1. The lowest BCUT2D eigenvalue weighted by Crippen LogP contribution is -2.57. The molecule has 1 unspecified atom stereocenters. The van der Waals surface area contributed by atoms with Gasteiger partial charge in [0.2, 0.25) is 0 Å². The molecule has 1 atom stereocenters. The molecule has 3 nitrogen and oxygen atoms in total. The Kier molecular flexibility index (Phi) is 5.31. The Bertz CT molecular complexity index is 441. The lowest BCUT2D eigenvalue weighted by molar-refractivity contribution is -1.02. The highest BCUT2D eigenvalue weighted by molar-refractivity contribution is 5.91. The number of quaternary nitrogens is 1. The summed E-state index contributed by atoms with van der Waals surface area (Å²) >= 11 is 0. The van der Waals surface area contributed by atoms with Crippen LogP contribution in [0.5, 0.6) is 0 Å². The van der Waals surface area contributed by atoms with Gasteiger partial charge in [-0.25, -0.2) is 4.59 Å². The van der Waals surface area contributed by atoms with E-state index in [0.29, 0.717) is 10.2 Å². The molecule has 0 saturated carbocycles. The van der Waals surface area contributed by atoms with Crippen LogP contribution in [0.25, 0.3) is 0 Å². The molecule has 0 aliphatic carbocycles. The van der Waals surface area contributed by atoms with Gasteiger partial charge in [-0.3, -0.25) is 4.79 Å². The summed E-state index contributed by atoms with van der Waals surface area (Å²) in [6.07, 6.45) is 1.02. The van der Waals surface area contributed by atoms with Gasteiger partial charge in [0.05, 0.1) is 14.1 Å².